The molecule has 1 fully saturated rings. The fraction of sp³-hybridized carbons (Fsp3) is 0.483. The minimum atomic E-state index is 0.133. The van der Waals surface area contributed by atoms with E-state index < -0.39 is 0 Å². The highest BCUT2D eigenvalue weighted by atomic mass is 14.6. The van der Waals surface area contributed by atoms with Gasteiger partial charge in [-0.25, -0.2) is 0 Å². The SMILES string of the molecule is CC1(C)C/C=C2/C=C3CCCCC3CCC2CC/C=C\1c1ccc2ccncc2c1. The van der Waals surface area contributed by atoms with Gasteiger partial charge in [-0.3, -0.25) is 4.98 Å². The molecule has 1 saturated carbocycles. The number of hydrogen-bond donors (Lipinski definition) is 0. The molecule has 0 radical (unpaired) electrons. The van der Waals surface area contributed by atoms with Gasteiger partial charge in [-0.05, 0) is 103 Å². The molecular formula is C29H35N. The average molecular weight is 398 g/mol. The second-order valence-corrected chi connectivity index (χ2v) is 10.4. The van der Waals surface area contributed by atoms with Gasteiger partial charge in [0, 0.05) is 17.8 Å². The first kappa shape index (κ1) is 19.8. The van der Waals surface area contributed by atoms with E-state index >= 15 is 0 Å². The van der Waals surface area contributed by atoms with E-state index in [0.29, 0.717) is 0 Å². The molecule has 156 valence electrons. The monoisotopic (exact) mass is 397 g/mol. The summed E-state index contributed by atoms with van der Waals surface area (Å²) in [6.45, 7) is 4.85. The van der Waals surface area contributed by atoms with Crippen LogP contribution in [-0.2, 0) is 0 Å². The molecule has 30 heavy (non-hydrogen) atoms. The van der Waals surface area contributed by atoms with Crippen molar-refractivity contribution in [3.05, 3.63) is 71.6 Å². The number of nitrogens with zero attached hydrogens (tertiary/aromatic N) is 1. The molecular weight excluding hydrogens is 362 g/mol. The van der Waals surface area contributed by atoms with Crippen molar-refractivity contribution < 1.29 is 0 Å². The Bertz CT molecular complexity index is 1020. The predicted octanol–water partition coefficient (Wildman–Crippen LogP) is 8.28. The van der Waals surface area contributed by atoms with Gasteiger partial charge in [0.15, 0.2) is 0 Å². The zero-order valence-electron chi connectivity index (χ0n) is 18.7. The molecule has 0 aliphatic heterocycles. The van der Waals surface area contributed by atoms with E-state index in [1.807, 2.05) is 12.4 Å². The minimum absolute atomic E-state index is 0.133. The van der Waals surface area contributed by atoms with Crippen molar-refractivity contribution in [3.63, 3.8) is 0 Å². The van der Waals surface area contributed by atoms with E-state index in [4.69, 9.17) is 0 Å². The Morgan fingerprint density at radius 1 is 0.900 bits per heavy atom. The lowest BCUT2D eigenvalue weighted by Crippen LogP contribution is -2.13. The minimum Gasteiger partial charge on any atom is -0.264 e. The Balaban J connectivity index is 1.49. The number of hydrogen-bond acceptors (Lipinski definition) is 1. The molecule has 3 aliphatic carbocycles. The molecule has 2 atom stereocenters. The van der Waals surface area contributed by atoms with E-state index in [1.54, 1.807) is 11.1 Å². The number of benzene rings is 1. The zero-order chi connectivity index (χ0) is 20.6. The predicted molar refractivity (Wildman–Crippen MR) is 128 cm³/mol. The first-order chi connectivity index (χ1) is 14.6. The van der Waals surface area contributed by atoms with E-state index in [2.05, 4.69) is 61.3 Å². The molecule has 1 aromatic heterocycles. The quantitative estimate of drug-likeness (QED) is 0.472. The lowest BCUT2D eigenvalue weighted by molar-refractivity contribution is 0.396. The summed E-state index contributed by atoms with van der Waals surface area (Å²) in [6.07, 6.45) is 23.7. The first-order valence-corrected chi connectivity index (χ1v) is 12.1. The molecule has 0 bridgehead atoms. The van der Waals surface area contributed by atoms with Crippen LogP contribution in [0.5, 0.6) is 0 Å². The summed E-state index contributed by atoms with van der Waals surface area (Å²) in [5.41, 5.74) is 6.42. The molecule has 1 aromatic carbocycles. The van der Waals surface area contributed by atoms with Gasteiger partial charge in [-0.1, -0.05) is 56.2 Å². The van der Waals surface area contributed by atoms with Gasteiger partial charge in [0.2, 0.25) is 0 Å². The Kier molecular flexibility index (Phi) is 5.39. The molecule has 5 rings (SSSR count). The maximum Gasteiger partial charge on any atom is 0.0346 e. The lowest BCUT2D eigenvalue weighted by Gasteiger charge is -2.28. The maximum atomic E-state index is 4.34. The molecule has 3 aliphatic rings. The second kappa shape index (κ2) is 8.17. The second-order valence-electron chi connectivity index (χ2n) is 10.4. The van der Waals surface area contributed by atoms with Crippen molar-refractivity contribution >= 4 is 16.3 Å². The third-order valence-electron chi connectivity index (χ3n) is 7.87. The standard InChI is InChI=1S/C29H35N/c1-29(2)16-14-25-18-24-7-4-3-6-21(24)10-11-22(25)8-5-9-28(29)26-13-12-23-15-17-30-20-27(23)19-26/h9,12-15,17-22H,3-8,10-11,16H2,1-2H3/b25-14-,28-9-. The highest BCUT2D eigenvalue weighted by Gasteiger charge is 2.29. The van der Waals surface area contributed by atoms with Gasteiger partial charge in [0.05, 0.1) is 0 Å². The highest BCUT2D eigenvalue weighted by Crippen LogP contribution is 2.44. The number of pyridine rings is 1. The van der Waals surface area contributed by atoms with Crippen LogP contribution in [0.4, 0.5) is 0 Å². The number of aromatic nitrogens is 1. The fourth-order valence-corrected chi connectivity index (χ4v) is 6.02. The molecule has 1 heterocycles. The van der Waals surface area contributed by atoms with Gasteiger partial charge in [-0.15, -0.1) is 0 Å². The molecule has 0 amide bonds. The highest BCUT2D eigenvalue weighted by molar-refractivity contribution is 5.86. The fourth-order valence-electron chi connectivity index (χ4n) is 6.02. The average Bonchev–Trinajstić information content (AvgIpc) is 2.90. The molecule has 1 nitrogen and oxygen atoms in total. The van der Waals surface area contributed by atoms with Gasteiger partial charge in [-0.2, -0.15) is 0 Å². The largest absolute Gasteiger partial charge is 0.264 e. The van der Waals surface area contributed by atoms with Crippen molar-refractivity contribution in [3.8, 4) is 0 Å². The normalized spacial score (nSPS) is 30.1. The van der Waals surface area contributed by atoms with Crippen molar-refractivity contribution in [2.45, 2.75) is 71.6 Å². The van der Waals surface area contributed by atoms with Gasteiger partial charge < -0.3 is 0 Å². The number of fused-ring (bicyclic) bond motifs is 3. The van der Waals surface area contributed by atoms with E-state index in [0.717, 1.165) is 18.3 Å². The third-order valence-corrected chi connectivity index (χ3v) is 7.87. The lowest BCUT2D eigenvalue weighted by atomic mass is 9.76. The van der Waals surface area contributed by atoms with Gasteiger partial charge in [0.25, 0.3) is 0 Å². The van der Waals surface area contributed by atoms with E-state index in [1.165, 1.54) is 73.3 Å². The number of allylic oxidation sites excluding steroid dienone is 6. The molecule has 0 saturated heterocycles. The van der Waals surface area contributed by atoms with Crippen LogP contribution in [0.3, 0.4) is 0 Å². The molecule has 1 heteroatoms. The van der Waals surface area contributed by atoms with Crippen LogP contribution in [0.25, 0.3) is 16.3 Å². The molecule has 0 spiro atoms. The summed E-state index contributed by atoms with van der Waals surface area (Å²) in [5.74, 6) is 1.62. The molecule has 0 N–H and O–H groups in total. The smallest absolute Gasteiger partial charge is 0.0346 e. The summed E-state index contributed by atoms with van der Waals surface area (Å²) in [5, 5.41) is 2.51. The summed E-state index contributed by atoms with van der Waals surface area (Å²) in [7, 11) is 0. The van der Waals surface area contributed by atoms with Crippen LogP contribution in [-0.4, -0.2) is 4.98 Å². The van der Waals surface area contributed by atoms with E-state index in [-0.39, 0.29) is 5.41 Å². The van der Waals surface area contributed by atoms with Crippen molar-refractivity contribution in [2.75, 3.05) is 0 Å². The number of rotatable bonds is 1. The van der Waals surface area contributed by atoms with Crippen LogP contribution < -0.4 is 0 Å². The van der Waals surface area contributed by atoms with E-state index in [9.17, 15) is 0 Å². The van der Waals surface area contributed by atoms with Crippen molar-refractivity contribution in [2.24, 2.45) is 17.3 Å². The van der Waals surface area contributed by atoms with Crippen LogP contribution in [0.1, 0.15) is 77.2 Å². The summed E-state index contributed by atoms with van der Waals surface area (Å²) >= 11 is 0. The van der Waals surface area contributed by atoms with Crippen molar-refractivity contribution in [1.82, 2.24) is 4.98 Å². The summed E-state index contributed by atoms with van der Waals surface area (Å²) in [4.78, 5) is 4.34. The topological polar surface area (TPSA) is 12.9 Å². The van der Waals surface area contributed by atoms with Crippen LogP contribution in [0.2, 0.25) is 0 Å². The van der Waals surface area contributed by atoms with Gasteiger partial charge >= 0.3 is 0 Å². The van der Waals surface area contributed by atoms with Crippen molar-refractivity contribution in [1.29, 1.82) is 0 Å². The first-order valence-electron chi connectivity index (χ1n) is 12.1. The zero-order valence-corrected chi connectivity index (χ0v) is 18.7. The summed E-state index contributed by atoms with van der Waals surface area (Å²) in [6, 6.07) is 9.01. The molecule has 2 aromatic rings. The van der Waals surface area contributed by atoms with Crippen LogP contribution in [0, 0.1) is 17.3 Å². The Morgan fingerprint density at radius 3 is 2.73 bits per heavy atom. The van der Waals surface area contributed by atoms with Gasteiger partial charge in [0.1, 0.15) is 0 Å². The Labute approximate surface area is 182 Å². The maximum absolute atomic E-state index is 4.34. The Morgan fingerprint density at radius 2 is 1.80 bits per heavy atom. The molecule has 2 unspecified atom stereocenters. The van der Waals surface area contributed by atoms with Crippen LogP contribution >= 0.6 is 0 Å². The van der Waals surface area contributed by atoms with Crippen LogP contribution in [0.15, 0.2) is 66.0 Å². The summed E-state index contributed by atoms with van der Waals surface area (Å²) < 4.78 is 0. The Hall–Kier alpha value is -2.15. The third kappa shape index (κ3) is 3.92.